The van der Waals surface area contributed by atoms with E-state index in [4.69, 9.17) is 10.5 Å². The Bertz CT molecular complexity index is 230. The Morgan fingerprint density at radius 3 is 2.44 bits per heavy atom. The molecule has 0 radical (unpaired) electrons. The van der Waals surface area contributed by atoms with Crippen molar-refractivity contribution in [1.29, 1.82) is 0 Å². The number of rotatable bonds is 3. The summed E-state index contributed by atoms with van der Waals surface area (Å²) >= 11 is 0. The van der Waals surface area contributed by atoms with Gasteiger partial charge in [-0.3, -0.25) is 0 Å². The molecule has 16 heavy (non-hydrogen) atoms. The topological polar surface area (TPSA) is 64.3 Å². The normalized spacial score (nSPS) is 19.5. The number of hydrogen-bond acceptors (Lipinski definition) is 3. The van der Waals surface area contributed by atoms with E-state index >= 15 is 0 Å². The minimum atomic E-state index is -0.446. The summed E-state index contributed by atoms with van der Waals surface area (Å²) in [6.07, 6.45) is 4.47. The van der Waals surface area contributed by atoms with E-state index in [1.165, 1.54) is 12.8 Å². The largest absolute Gasteiger partial charge is 0.444 e. The van der Waals surface area contributed by atoms with Crippen LogP contribution in [0.5, 0.6) is 0 Å². The van der Waals surface area contributed by atoms with E-state index in [-0.39, 0.29) is 12.1 Å². The fourth-order valence-corrected chi connectivity index (χ4v) is 2.19. The second-order valence-corrected chi connectivity index (χ2v) is 5.53. The number of carbonyl (C=O) groups is 1. The number of carbonyl (C=O) groups excluding carboxylic acids is 1. The van der Waals surface area contributed by atoms with Gasteiger partial charge in [-0.25, -0.2) is 4.79 Å². The SMILES string of the molecule is CC(C)(C)OC(=O)N[C@H](CN)C1CCCC1. The molecule has 1 saturated carbocycles. The lowest BCUT2D eigenvalue weighted by Gasteiger charge is -2.26. The molecule has 0 aromatic heterocycles. The molecule has 0 spiro atoms. The zero-order chi connectivity index (χ0) is 12.2. The first-order valence-electron chi connectivity index (χ1n) is 6.12. The van der Waals surface area contributed by atoms with E-state index < -0.39 is 5.60 Å². The number of nitrogens with one attached hydrogen (secondary N) is 1. The van der Waals surface area contributed by atoms with E-state index in [0.29, 0.717) is 12.5 Å². The number of hydrogen-bond donors (Lipinski definition) is 2. The highest BCUT2D eigenvalue weighted by Gasteiger charge is 2.27. The third kappa shape index (κ3) is 4.39. The fraction of sp³-hybridized carbons (Fsp3) is 0.917. The molecule has 1 aliphatic rings. The average molecular weight is 228 g/mol. The van der Waals surface area contributed by atoms with Crippen molar-refractivity contribution in [1.82, 2.24) is 5.32 Å². The highest BCUT2D eigenvalue weighted by atomic mass is 16.6. The van der Waals surface area contributed by atoms with Gasteiger partial charge in [0.15, 0.2) is 0 Å². The number of ether oxygens (including phenoxy) is 1. The average Bonchev–Trinajstić information content (AvgIpc) is 2.63. The van der Waals surface area contributed by atoms with Crippen molar-refractivity contribution in [2.45, 2.75) is 58.1 Å². The van der Waals surface area contributed by atoms with Gasteiger partial charge in [0.25, 0.3) is 0 Å². The van der Waals surface area contributed by atoms with Crippen LogP contribution in [0, 0.1) is 5.92 Å². The second kappa shape index (κ2) is 5.53. The molecule has 4 heteroatoms. The fourth-order valence-electron chi connectivity index (χ4n) is 2.19. The quantitative estimate of drug-likeness (QED) is 0.776. The van der Waals surface area contributed by atoms with Crippen LogP contribution in [0.4, 0.5) is 4.79 Å². The monoisotopic (exact) mass is 228 g/mol. The number of nitrogens with two attached hydrogens (primary N) is 1. The van der Waals surface area contributed by atoms with Gasteiger partial charge in [-0.2, -0.15) is 0 Å². The van der Waals surface area contributed by atoms with Gasteiger partial charge in [0.2, 0.25) is 0 Å². The molecule has 0 bridgehead atoms. The van der Waals surface area contributed by atoms with E-state index in [9.17, 15) is 4.79 Å². The van der Waals surface area contributed by atoms with Crippen LogP contribution in [0.2, 0.25) is 0 Å². The first kappa shape index (κ1) is 13.3. The summed E-state index contributed by atoms with van der Waals surface area (Å²) in [5.41, 5.74) is 5.25. The maximum Gasteiger partial charge on any atom is 0.407 e. The molecule has 4 nitrogen and oxygen atoms in total. The van der Waals surface area contributed by atoms with E-state index in [1.54, 1.807) is 0 Å². The van der Waals surface area contributed by atoms with Crippen LogP contribution in [0.3, 0.4) is 0 Å². The molecule has 1 rings (SSSR count). The highest BCUT2D eigenvalue weighted by molar-refractivity contribution is 5.68. The third-order valence-corrected chi connectivity index (χ3v) is 2.92. The van der Waals surface area contributed by atoms with Gasteiger partial charge in [-0.1, -0.05) is 12.8 Å². The van der Waals surface area contributed by atoms with E-state index in [2.05, 4.69) is 5.32 Å². The molecule has 1 fully saturated rings. The van der Waals surface area contributed by atoms with Crippen molar-refractivity contribution in [2.75, 3.05) is 6.54 Å². The second-order valence-electron chi connectivity index (χ2n) is 5.53. The number of amides is 1. The Balaban J connectivity index is 2.40. The van der Waals surface area contributed by atoms with Crippen molar-refractivity contribution >= 4 is 6.09 Å². The van der Waals surface area contributed by atoms with Crippen LogP contribution in [0.25, 0.3) is 0 Å². The molecule has 0 unspecified atom stereocenters. The van der Waals surface area contributed by atoms with Crippen molar-refractivity contribution in [2.24, 2.45) is 11.7 Å². The van der Waals surface area contributed by atoms with Crippen LogP contribution in [-0.2, 0) is 4.74 Å². The van der Waals surface area contributed by atoms with Crippen molar-refractivity contribution in [3.05, 3.63) is 0 Å². The summed E-state index contributed by atoms with van der Waals surface area (Å²) in [6, 6.07) is 0.0670. The van der Waals surface area contributed by atoms with Crippen molar-refractivity contribution < 1.29 is 9.53 Å². The zero-order valence-electron chi connectivity index (χ0n) is 10.6. The maximum absolute atomic E-state index is 11.6. The first-order valence-corrected chi connectivity index (χ1v) is 6.12. The predicted molar refractivity (Wildman–Crippen MR) is 64.2 cm³/mol. The molecule has 0 heterocycles. The zero-order valence-corrected chi connectivity index (χ0v) is 10.6. The number of alkyl carbamates (subject to hydrolysis) is 1. The standard InChI is InChI=1S/C12H24N2O2/c1-12(2,3)16-11(15)14-10(8-13)9-6-4-5-7-9/h9-10H,4-8,13H2,1-3H3,(H,14,15)/t10-/m1/s1. The summed E-state index contributed by atoms with van der Waals surface area (Å²) in [4.78, 5) is 11.6. The van der Waals surface area contributed by atoms with E-state index in [0.717, 1.165) is 12.8 Å². The minimum Gasteiger partial charge on any atom is -0.444 e. The van der Waals surface area contributed by atoms with Gasteiger partial charge in [0.1, 0.15) is 5.60 Å². The Labute approximate surface area is 97.9 Å². The highest BCUT2D eigenvalue weighted by Crippen LogP contribution is 2.27. The summed E-state index contributed by atoms with van der Waals surface area (Å²) in [6.45, 7) is 6.07. The van der Waals surface area contributed by atoms with Crippen LogP contribution >= 0.6 is 0 Å². The molecule has 0 aromatic carbocycles. The lowest BCUT2D eigenvalue weighted by atomic mass is 9.98. The molecule has 0 aliphatic heterocycles. The maximum atomic E-state index is 11.6. The van der Waals surface area contributed by atoms with Crippen molar-refractivity contribution in [3.8, 4) is 0 Å². The summed E-state index contributed by atoms with van der Waals surface area (Å²) in [5.74, 6) is 0.525. The molecular weight excluding hydrogens is 204 g/mol. The van der Waals surface area contributed by atoms with Gasteiger partial charge in [-0.15, -0.1) is 0 Å². The lowest BCUT2D eigenvalue weighted by molar-refractivity contribution is 0.0489. The molecule has 1 amide bonds. The Hall–Kier alpha value is -0.770. The van der Waals surface area contributed by atoms with Crippen LogP contribution < -0.4 is 11.1 Å². The molecule has 1 aliphatic carbocycles. The van der Waals surface area contributed by atoms with Gasteiger partial charge >= 0.3 is 6.09 Å². The molecule has 0 aromatic rings. The van der Waals surface area contributed by atoms with Gasteiger partial charge in [0, 0.05) is 12.6 Å². The molecule has 1 atom stereocenters. The van der Waals surface area contributed by atoms with Gasteiger partial charge < -0.3 is 15.8 Å². The van der Waals surface area contributed by atoms with Crippen LogP contribution in [0.1, 0.15) is 46.5 Å². The van der Waals surface area contributed by atoms with Gasteiger partial charge in [-0.05, 0) is 39.5 Å². The third-order valence-electron chi connectivity index (χ3n) is 2.92. The van der Waals surface area contributed by atoms with E-state index in [1.807, 2.05) is 20.8 Å². The summed E-state index contributed by atoms with van der Waals surface area (Å²) in [7, 11) is 0. The summed E-state index contributed by atoms with van der Waals surface area (Å²) in [5, 5.41) is 2.88. The van der Waals surface area contributed by atoms with Crippen molar-refractivity contribution in [3.63, 3.8) is 0 Å². The molecule has 94 valence electrons. The predicted octanol–water partition coefficient (Wildman–Crippen LogP) is 2.03. The molecule has 0 saturated heterocycles. The summed E-state index contributed by atoms with van der Waals surface area (Å²) < 4.78 is 5.22. The molecule has 3 N–H and O–H groups in total. The smallest absolute Gasteiger partial charge is 0.407 e. The van der Waals surface area contributed by atoms with Crippen LogP contribution in [0.15, 0.2) is 0 Å². The Morgan fingerprint density at radius 1 is 1.44 bits per heavy atom. The lowest BCUT2D eigenvalue weighted by Crippen LogP contribution is -2.46. The van der Waals surface area contributed by atoms with Crippen LogP contribution in [-0.4, -0.2) is 24.3 Å². The Morgan fingerprint density at radius 2 is 2.00 bits per heavy atom. The van der Waals surface area contributed by atoms with Gasteiger partial charge in [0.05, 0.1) is 0 Å². The molecular formula is C12H24N2O2. The Kier molecular flexibility index (Phi) is 4.59. The first-order chi connectivity index (χ1) is 7.42. The minimum absolute atomic E-state index is 0.0670.